The zero-order valence-electron chi connectivity index (χ0n) is 18.5. The number of anilines is 2. The average Bonchev–Trinajstić information content (AvgIpc) is 3.29. The molecule has 0 fully saturated rings. The third-order valence-electron chi connectivity index (χ3n) is 5.75. The number of nitrogens with zero attached hydrogens (tertiary/aromatic N) is 4. The van der Waals surface area contributed by atoms with Crippen LogP contribution in [0, 0.1) is 11.8 Å². The summed E-state index contributed by atoms with van der Waals surface area (Å²) in [5, 5.41) is 11.0. The monoisotopic (exact) mass is 444 g/mol. The van der Waals surface area contributed by atoms with Gasteiger partial charge in [-0.05, 0) is 44.5 Å². The number of para-hydroxylation sites is 2. The minimum Gasteiger partial charge on any atom is -0.298 e. The maximum atomic E-state index is 12.8. The molecule has 168 valence electrons. The molecule has 2 heterocycles. The van der Waals surface area contributed by atoms with Gasteiger partial charge in [0.05, 0.1) is 22.8 Å². The SMILES string of the molecule is CC1=NN(c2ccccc2)C(=O)C1C(=O)CCCC(=O)C1C(=O)N(c2ccccc2)N=C1C. The zero-order valence-corrected chi connectivity index (χ0v) is 18.5. The highest BCUT2D eigenvalue weighted by Gasteiger charge is 2.41. The molecule has 0 saturated carbocycles. The first-order chi connectivity index (χ1) is 15.9. The van der Waals surface area contributed by atoms with Crippen molar-refractivity contribution in [1.82, 2.24) is 0 Å². The molecule has 33 heavy (non-hydrogen) atoms. The van der Waals surface area contributed by atoms with E-state index in [-0.39, 0.29) is 42.6 Å². The van der Waals surface area contributed by atoms with Gasteiger partial charge in [0.1, 0.15) is 11.8 Å². The number of Topliss-reactive ketones (excluding diaryl/α,β-unsaturated/α-hetero) is 2. The predicted octanol–water partition coefficient (Wildman–Crippen LogP) is 3.37. The van der Waals surface area contributed by atoms with Crippen molar-refractivity contribution in [2.75, 3.05) is 10.0 Å². The van der Waals surface area contributed by atoms with Crippen molar-refractivity contribution < 1.29 is 19.2 Å². The summed E-state index contributed by atoms with van der Waals surface area (Å²) in [6, 6.07) is 17.9. The number of carbonyl (C=O) groups is 4. The van der Waals surface area contributed by atoms with Crippen molar-refractivity contribution in [3.05, 3.63) is 60.7 Å². The molecular weight excluding hydrogens is 420 g/mol. The Balaban J connectivity index is 1.33. The molecule has 0 aliphatic carbocycles. The molecule has 2 aliphatic rings. The van der Waals surface area contributed by atoms with Gasteiger partial charge in [0.25, 0.3) is 11.8 Å². The van der Waals surface area contributed by atoms with E-state index in [1.54, 1.807) is 62.4 Å². The fraction of sp³-hybridized carbons (Fsp3) is 0.280. The number of amides is 2. The second kappa shape index (κ2) is 9.28. The van der Waals surface area contributed by atoms with Crippen LogP contribution >= 0.6 is 0 Å². The number of ketones is 2. The number of hydrogen-bond acceptors (Lipinski definition) is 6. The van der Waals surface area contributed by atoms with Crippen LogP contribution in [0.1, 0.15) is 33.1 Å². The first kappa shape index (κ1) is 22.3. The topological polar surface area (TPSA) is 99.5 Å². The number of hydrazone groups is 2. The van der Waals surface area contributed by atoms with E-state index in [9.17, 15) is 19.2 Å². The highest BCUT2D eigenvalue weighted by atomic mass is 16.2. The molecule has 2 amide bonds. The van der Waals surface area contributed by atoms with Crippen LogP contribution in [0.4, 0.5) is 11.4 Å². The molecule has 0 radical (unpaired) electrons. The van der Waals surface area contributed by atoms with E-state index < -0.39 is 11.8 Å². The number of carbonyl (C=O) groups excluding carboxylic acids is 4. The third-order valence-corrected chi connectivity index (χ3v) is 5.75. The van der Waals surface area contributed by atoms with Crippen LogP contribution in [0.25, 0.3) is 0 Å². The molecule has 2 atom stereocenters. The molecular formula is C25H24N4O4. The lowest BCUT2D eigenvalue weighted by Crippen LogP contribution is -2.33. The van der Waals surface area contributed by atoms with Crippen LogP contribution in [0.2, 0.25) is 0 Å². The second-order valence-electron chi connectivity index (χ2n) is 8.11. The molecule has 0 bridgehead atoms. The van der Waals surface area contributed by atoms with Gasteiger partial charge in [0.2, 0.25) is 0 Å². The van der Waals surface area contributed by atoms with E-state index in [4.69, 9.17) is 0 Å². The van der Waals surface area contributed by atoms with E-state index in [0.29, 0.717) is 22.8 Å². The van der Waals surface area contributed by atoms with Crippen LogP contribution in [0.3, 0.4) is 0 Å². The Hall–Kier alpha value is -3.94. The van der Waals surface area contributed by atoms with Crippen molar-refractivity contribution in [2.45, 2.75) is 33.1 Å². The summed E-state index contributed by atoms with van der Waals surface area (Å²) in [5.41, 5.74) is 2.08. The molecule has 0 spiro atoms. The highest BCUT2D eigenvalue weighted by molar-refractivity contribution is 6.28. The van der Waals surface area contributed by atoms with E-state index in [1.807, 2.05) is 12.1 Å². The van der Waals surface area contributed by atoms with Gasteiger partial charge in [-0.2, -0.15) is 20.2 Å². The molecule has 0 saturated heterocycles. The highest BCUT2D eigenvalue weighted by Crippen LogP contribution is 2.27. The Labute approximate surface area is 191 Å². The van der Waals surface area contributed by atoms with Crippen molar-refractivity contribution in [2.24, 2.45) is 22.0 Å². The Morgan fingerprint density at radius 1 is 0.697 bits per heavy atom. The maximum Gasteiger partial charge on any atom is 0.263 e. The van der Waals surface area contributed by atoms with Gasteiger partial charge in [-0.25, -0.2) is 0 Å². The Morgan fingerprint density at radius 2 is 1.06 bits per heavy atom. The van der Waals surface area contributed by atoms with Gasteiger partial charge in [-0.15, -0.1) is 0 Å². The minimum absolute atomic E-state index is 0.0527. The third kappa shape index (κ3) is 4.37. The summed E-state index contributed by atoms with van der Waals surface area (Å²) in [6.45, 7) is 3.31. The van der Waals surface area contributed by atoms with E-state index in [2.05, 4.69) is 10.2 Å². The van der Waals surface area contributed by atoms with Gasteiger partial charge >= 0.3 is 0 Å². The fourth-order valence-corrected chi connectivity index (χ4v) is 4.11. The molecule has 4 rings (SSSR count). The molecule has 2 aliphatic heterocycles. The number of rotatable bonds is 8. The lowest BCUT2D eigenvalue weighted by atomic mass is 9.91. The van der Waals surface area contributed by atoms with Crippen LogP contribution in [0.5, 0.6) is 0 Å². The van der Waals surface area contributed by atoms with Crippen molar-refractivity contribution >= 4 is 46.2 Å². The maximum absolute atomic E-state index is 12.8. The summed E-state index contributed by atoms with van der Waals surface area (Å²) >= 11 is 0. The average molecular weight is 444 g/mol. The van der Waals surface area contributed by atoms with E-state index in [0.717, 1.165) is 0 Å². The van der Waals surface area contributed by atoms with Gasteiger partial charge in [0, 0.05) is 12.8 Å². The molecule has 8 nitrogen and oxygen atoms in total. The molecule has 0 aromatic heterocycles. The summed E-state index contributed by atoms with van der Waals surface area (Å²) in [7, 11) is 0. The first-order valence-corrected chi connectivity index (χ1v) is 10.8. The summed E-state index contributed by atoms with van der Waals surface area (Å²) in [5.74, 6) is -3.20. The molecule has 0 N–H and O–H groups in total. The Kier molecular flexibility index (Phi) is 6.26. The largest absolute Gasteiger partial charge is 0.298 e. The quantitative estimate of drug-likeness (QED) is 0.583. The lowest BCUT2D eigenvalue weighted by molar-refractivity contribution is -0.129. The van der Waals surface area contributed by atoms with Crippen molar-refractivity contribution in [1.29, 1.82) is 0 Å². The normalized spacial score (nSPS) is 20.2. The number of benzene rings is 2. The predicted molar refractivity (Wildman–Crippen MR) is 125 cm³/mol. The summed E-state index contributed by atoms with van der Waals surface area (Å²) in [4.78, 5) is 51.1. The van der Waals surface area contributed by atoms with Crippen molar-refractivity contribution in [3.63, 3.8) is 0 Å². The van der Waals surface area contributed by atoms with Crippen LogP contribution < -0.4 is 10.0 Å². The van der Waals surface area contributed by atoms with E-state index >= 15 is 0 Å². The smallest absolute Gasteiger partial charge is 0.263 e. The van der Waals surface area contributed by atoms with Crippen LogP contribution in [0.15, 0.2) is 70.9 Å². The zero-order chi connectivity index (χ0) is 23.5. The second-order valence-corrected chi connectivity index (χ2v) is 8.11. The minimum atomic E-state index is -0.940. The molecule has 2 aromatic carbocycles. The fourth-order valence-electron chi connectivity index (χ4n) is 4.11. The van der Waals surface area contributed by atoms with Crippen LogP contribution in [-0.2, 0) is 19.2 Å². The molecule has 2 aromatic rings. The van der Waals surface area contributed by atoms with Crippen LogP contribution in [-0.4, -0.2) is 34.8 Å². The lowest BCUT2D eigenvalue weighted by Gasteiger charge is -2.14. The number of hydrogen-bond donors (Lipinski definition) is 0. The van der Waals surface area contributed by atoms with Gasteiger partial charge < -0.3 is 0 Å². The summed E-state index contributed by atoms with van der Waals surface area (Å²) in [6.07, 6.45) is 0.358. The Morgan fingerprint density at radius 3 is 1.42 bits per heavy atom. The summed E-state index contributed by atoms with van der Waals surface area (Å²) < 4.78 is 0. The first-order valence-electron chi connectivity index (χ1n) is 10.8. The Bertz CT molecular complexity index is 1070. The molecule has 8 heteroatoms. The van der Waals surface area contributed by atoms with Gasteiger partial charge in [-0.3, -0.25) is 19.2 Å². The molecule has 2 unspecified atom stereocenters. The van der Waals surface area contributed by atoms with Gasteiger partial charge in [-0.1, -0.05) is 36.4 Å². The van der Waals surface area contributed by atoms with Gasteiger partial charge in [0.15, 0.2) is 11.6 Å². The van der Waals surface area contributed by atoms with E-state index in [1.165, 1.54) is 10.0 Å². The van der Waals surface area contributed by atoms with Crippen molar-refractivity contribution in [3.8, 4) is 0 Å². The standard InChI is InChI=1S/C25H24N4O4/c1-16-22(24(32)28(26-16)18-10-5-3-6-11-18)20(30)14-9-15-21(31)23-17(2)27-29(25(23)33)19-12-7-4-8-13-19/h3-8,10-13,22-23H,9,14-15H2,1-2H3.